The van der Waals surface area contributed by atoms with Crippen molar-refractivity contribution in [2.45, 2.75) is 13.3 Å². The summed E-state index contributed by atoms with van der Waals surface area (Å²) in [7, 11) is 0. The quantitative estimate of drug-likeness (QED) is 0.305. The van der Waals surface area contributed by atoms with Crippen molar-refractivity contribution in [1.82, 2.24) is 0 Å². The standard InChI is InChI=1S/C24H21F2NO4/c1-16-2-3-17(15-23(28)29)14-22(16)30-12-13-31-27-24(18-4-8-20(25)9-5-18)19-6-10-21(26)11-7-19/h2-11,14H,12-13,15H2,1H3,(H,28,29). The van der Waals surface area contributed by atoms with E-state index < -0.39 is 5.97 Å². The first kappa shape index (κ1) is 22.0. The van der Waals surface area contributed by atoms with Gasteiger partial charge in [-0.1, -0.05) is 17.3 Å². The molecule has 0 aromatic heterocycles. The van der Waals surface area contributed by atoms with Crippen LogP contribution >= 0.6 is 0 Å². The Bertz CT molecular complexity index is 1020. The van der Waals surface area contributed by atoms with Crippen molar-refractivity contribution in [3.63, 3.8) is 0 Å². The minimum atomic E-state index is -0.915. The number of aryl methyl sites for hydroxylation is 1. The highest BCUT2D eigenvalue weighted by Crippen LogP contribution is 2.20. The molecule has 3 rings (SSSR count). The second-order valence-electron chi connectivity index (χ2n) is 6.81. The molecule has 0 radical (unpaired) electrons. The summed E-state index contributed by atoms with van der Waals surface area (Å²) >= 11 is 0. The van der Waals surface area contributed by atoms with E-state index in [0.717, 1.165) is 5.56 Å². The molecule has 0 atom stereocenters. The van der Waals surface area contributed by atoms with Crippen molar-refractivity contribution in [2.75, 3.05) is 13.2 Å². The number of rotatable bonds is 9. The van der Waals surface area contributed by atoms with Crippen molar-refractivity contribution in [3.8, 4) is 5.75 Å². The van der Waals surface area contributed by atoms with Crippen LogP contribution in [-0.4, -0.2) is 30.0 Å². The third-order valence-corrected chi connectivity index (χ3v) is 4.43. The monoisotopic (exact) mass is 425 g/mol. The molecule has 160 valence electrons. The fraction of sp³-hybridized carbons (Fsp3) is 0.167. The van der Waals surface area contributed by atoms with E-state index in [1.54, 1.807) is 42.5 Å². The minimum Gasteiger partial charge on any atom is -0.490 e. The minimum absolute atomic E-state index is 0.0872. The molecule has 0 heterocycles. The maximum Gasteiger partial charge on any atom is 0.307 e. The van der Waals surface area contributed by atoms with E-state index in [2.05, 4.69) is 5.16 Å². The zero-order valence-corrected chi connectivity index (χ0v) is 16.8. The van der Waals surface area contributed by atoms with Crippen LogP contribution in [0, 0.1) is 18.6 Å². The maximum absolute atomic E-state index is 13.3. The molecule has 0 amide bonds. The predicted molar refractivity (Wildman–Crippen MR) is 112 cm³/mol. The van der Waals surface area contributed by atoms with Crippen LogP contribution in [0.2, 0.25) is 0 Å². The number of carboxylic acids is 1. The highest BCUT2D eigenvalue weighted by molar-refractivity contribution is 6.12. The zero-order valence-electron chi connectivity index (χ0n) is 16.8. The Balaban J connectivity index is 1.67. The van der Waals surface area contributed by atoms with Crippen LogP contribution in [0.15, 0.2) is 71.9 Å². The number of benzene rings is 3. The number of hydrogen-bond donors (Lipinski definition) is 1. The Morgan fingerprint density at radius 2 is 1.48 bits per heavy atom. The Kier molecular flexibility index (Phi) is 7.32. The lowest BCUT2D eigenvalue weighted by atomic mass is 10.0. The maximum atomic E-state index is 13.3. The van der Waals surface area contributed by atoms with Crippen LogP contribution < -0.4 is 4.74 Å². The summed E-state index contributed by atoms with van der Waals surface area (Å²) in [6.45, 7) is 2.16. The molecular weight excluding hydrogens is 404 g/mol. The van der Waals surface area contributed by atoms with E-state index >= 15 is 0 Å². The van der Waals surface area contributed by atoms with E-state index in [9.17, 15) is 13.6 Å². The molecule has 0 saturated carbocycles. The first-order valence-corrected chi connectivity index (χ1v) is 9.58. The smallest absolute Gasteiger partial charge is 0.307 e. The van der Waals surface area contributed by atoms with Gasteiger partial charge < -0.3 is 14.7 Å². The second kappa shape index (κ2) is 10.3. The summed E-state index contributed by atoms with van der Waals surface area (Å²) in [6, 6.07) is 16.7. The molecule has 0 spiro atoms. The third-order valence-electron chi connectivity index (χ3n) is 4.43. The lowest BCUT2D eigenvalue weighted by molar-refractivity contribution is -0.136. The van der Waals surface area contributed by atoms with Gasteiger partial charge in [0.15, 0.2) is 6.61 Å². The normalized spacial score (nSPS) is 10.4. The molecule has 0 bridgehead atoms. The molecule has 0 aliphatic heterocycles. The van der Waals surface area contributed by atoms with Gasteiger partial charge in [0.25, 0.3) is 0 Å². The van der Waals surface area contributed by atoms with Gasteiger partial charge in [-0.05, 0) is 72.6 Å². The fourth-order valence-corrected chi connectivity index (χ4v) is 2.87. The number of carbonyl (C=O) groups is 1. The molecular formula is C24H21F2NO4. The Labute approximate surface area is 178 Å². The molecule has 31 heavy (non-hydrogen) atoms. The average molecular weight is 425 g/mol. The summed E-state index contributed by atoms with van der Waals surface area (Å²) in [5.74, 6) is -1.10. The van der Waals surface area contributed by atoms with E-state index in [-0.39, 0.29) is 31.3 Å². The topological polar surface area (TPSA) is 68.1 Å². The van der Waals surface area contributed by atoms with Crippen LogP contribution in [0.1, 0.15) is 22.3 Å². The van der Waals surface area contributed by atoms with Crippen molar-refractivity contribution in [3.05, 3.63) is 101 Å². The fourth-order valence-electron chi connectivity index (χ4n) is 2.87. The molecule has 0 unspecified atom stereocenters. The Morgan fingerprint density at radius 1 is 0.903 bits per heavy atom. The molecule has 0 aliphatic carbocycles. The van der Waals surface area contributed by atoms with Gasteiger partial charge in [0.1, 0.15) is 29.7 Å². The molecule has 3 aromatic carbocycles. The predicted octanol–water partition coefficient (Wildman–Crippen LogP) is 4.75. The molecule has 3 aromatic rings. The van der Waals surface area contributed by atoms with Crippen molar-refractivity contribution < 1.29 is 28.3 Å². The van der Waals surface area contributed by atoms with Crippen LogP contribution in [0.3, 0.4) is 0 Å². The van der Waals surface area contributed by atoms with Crippen LogP contribution in [0.5, 0.6) is 5.75 Å². The molecule has 0 fully saturated rings. The zero-order chi connectivity index (χ0) is 22.2. The molecule has 0 aliphatic rings. The van der Waals surface area contributed by atoms with Gasteiger partial charge in [0, 0.05) is 11.1 Å². The third kappa shape index (κ3) is 6.37. The largest absolute Gasteiger partial charge is 0.490 e. The van der Waals surface area contributed by atoms with E-state index in [4.69, 9.17) is 14.7 Å². The van der Waals surface area contributed by atoms with Crippen LogP contribution in [0.25, 0.3) is 0 Å². The lowest BCUT2D eigenvalue weighted by Crippen LogP contribution is -2.09. The van der Waals surface area contributed by atoms with Crippen molar-refractivity contribution in [2.24, 2.45) is 5.16 Å². The van der Waals surface area contributed by atoms with Gasteiger partial charge >= 0.3 is 5.97 Å². The highest BCUT2D eigenvalue weighted by Gasteiger charge is 2.09. The number of halogens is 2. The summed E-state index contributed by atoms with van der Waals surface area (Å²) < 4.78 is 32.3. The summed E-state index contributed by atoms with van der Waals surface area (Å²) in [5, 5.41) is 13.1. The van der Waals surface area contributed by atoms with Crippen molar-refractivity contribution >= 4 is 11.7 Å². The SMILES string of the molecule is Cc1ccc(CC(=O)O)cc1OCCON=C(c1ccc(F)cc1)c1ccc(F)cc1. The lowest BCUT2D eigenvalue weighted by Gasteiger charge is -2.11. The second-order valence-corrected chi connectivity index (χ2v) is 6.81. The van der Waals surface area contributed by atoms with Gasteiger partial charge in [-0.3, -0.25) is 4.79 Å². The van der Waals surface area contributed by atoms with E-state index in [0.29, 0.717) is 28.2 Å². The summed E-state index contributed by atoms with van der Waals surface area (Å²) in [6.07, 6.45) is -0.0872. The molecule has 5 nitrogen and oxygen atoms in total. The molecule has 7 heteroatoms. The van der Waals surface area contributed by atoms with Gasteiger partial charge in [0.05, 0.1) is 6.42 Å². The van der Waals surface area contributed by atoms with Crippen molar-refractivity contribution in [1.29, 1.82) is 0 Å². The number of oxime groups is 1. The molecule has 0 saturated heterocycles. The highest BCUT2D eigenvalue weighted by atomic mass is 19.1. The Hall–Kier alpha value is -3.74. The number of nitrogens with zero attached hydrogens (tertiary/aromatic N) is 1. The van der Waals surface area contributed by atoms with Crippen LogP contribution in [-0.2, 0) is 16.1 Å². The Morgan fingerprint density at radius 3 is 2.03 bits per heavy atom. The van der Waals surface area contributed by atoms with Gasteiger partial charge in [-0.25, -0.2) is 8.78 Å². The van der Waals surface area contributed by atoms with Crippen LogP contribution in [0.4, 0.5) is 8.78 Å². The van der Waals surface area contributed by atoms with E-state index in [1.807, 2.05) is 6.92 Å². The first-order valence-electron chi connectivity index (χ1n) is 9.58. The first-order chi connectivity index (χ1) is 14.9. The number of aliphatic carboxylic acids is 1. The van der Waals surface area contributed by atoms with E-state index in [1.165, 1.54) is 24.3 Å². The average Bonchev–Trinajstić information content (AvgIpc) is 2.74. The van der Waals surface area contributed by atoms with Gasteiger partial charge in [-0.2, -0.15) is 0 Å². The summed E-state index contributed by atoms with van der Waals surface area (Å²) in [4.78, 5) is 16.3. The number of ether oxygens (including phenoxy) is 1. The number of carboxylic acid groups (broad SMARTS) is 1. The molecule has 1 N–H and O–H groups in total. The number of hydrogen-bond acceptors (Lipinski definition) is 4. The summed E-state index contributed by atoms with van der Waals surface area (Å²) in [5.41, 5.74) is 3.18. The van der Waals surface area contributed by atoms with Gasteiger partial charge in [-0.15, -0.1) is 0 Å². The van der Waals surface area contributed by atoms with Gasteiger partial charge in [0.2, 0.25) is 0 Å².